The molecule has 0 bridgehead atoms. The Morgan fingerprint density at radius 3 is 2.85 bits per heavy atom. The van der Waals surface area contributed by atoms with Crippen LogP contribution < -0.4 is 5.32 Å². The Bertz CT molecular complexity index is 749. The van der Waals surface area contributed by atoms with Crippen LogP contribution in [-0.4, -0.2) is 20.9 Å². The van der Waals surface area contributed by atoms with Gasteiger partial charge in [-0.1, -0.05) is 6.07 Å². The number of benzene rings is 1. The van der Waals surface area contributed by atoms with Crippen LogP contribution in [0.5, 0.6) is 0 Å². The third-order valence-corrected chi connectivity index (χ3v) is 3.08. The van der Waals surface area contributed by atoms with Crippen molar-refractivity contribution in [2.45, 2.75) is 13.5 Å². The Labute approximate surface area is 116 Å². The average Bonchev–Trinajstić information content (AvgIpc) is 2.85. The molecule has 0 unspecified atom stereocenters. The molecule has 0 aliphatic carbocycles. The van der Waals surface area contributed by atoms with E-state index >= 15 is 0 Å². The number of aromatic amines is 1. The quantitative estimate of drug-likeness (QED) is 0.763. The normalized spacial score (nSPS) is 10.7. The summed E-state index contributed by atoms with van der Waals surface area (Å²) in [5, 5.41) is 2.90. The van der Waals surface area contributed by atoms with E-state index in [4.69, 9.17) is 0 Å². The van der Waals surface area contributed by atoms with Gasteiger partial charge >= 0.3 is 0 Å². The lowest BCUT2D eigenvalue weighted by Gasteiger charge is -2.05. The SMILES string of the molecule is Cc1nc2c(C(=O)NCc3ccncc3)cccc2[nH]1. The predicted octanol–water partition coefficient (Wildman–Crippen LogP) is 2.20. The van der Waals surface area contributed by atoms with Crippen molar-refractivity contribution in [2.75, 3.05) is 0 Å². The number of hydrogen-bond donors (Lipinski definition) is 2. The van der Waals surface area contributed by atoms with E-state index in [9.17, 15) is 4.79 Å². The first-order valence-corrected chi connectivity index (χ1v) is 6.36. The second-order valence-corrected chi connectivity index (χ2v) is 4.56. The zero-order valence-electron chi connectivity index (χ0n) is 11.1. The Balaban J connectivity index is 1.82. The Morgan fingerprint density at radius 2 is 2.05 bits per heavy atom. The van der Waals surface area contributed by atoms with Crippen molar-refractivity contribution in [3.05, 3.63) is 59.7 Å². The van der Waals surface area contributed by atoms with Crippen molar-refractivity contribution in [1.29, 1.82) is 0 Å². The first kappa shape index (κ1) is 12.3. The number of nitrogens with one attached hydrogen (secondary N) is 2. The maximum absolute atomic E-state index is 12.3. The number of pyridine rings is 1. The molecule has 0 fully saturated rings. The number of carbonyl (C=O) groups excluding carboxylic acids is 1. The van der Waals surface area contributed by atoms with Crippen molar-refractivity contribution >= 4 is 16.9 Å². The summed E-state index contributed by atoms with van der Waals surface area (Å²) in [5.74, 6) is 0.674. The van der Waals surface area contributed by atoms with Crippen LogP contribution in [0.4, 0.5) is 0 Å². The topological polar surface area (TPSA) is 70.7 Å². The molecule has 0 radical (unpaired) electrons. The molecular formula is C15H14N4O. The van der Waals surface area contributed by atoms with Gasteiger partial charge in [-0.3, -0.25) is 9.78 Å². The first-order valence-electron chi connectivity index (χ1n) is 6.36. The molecule has 0 saturated carbocycles. The zero-order valence-corrected chi connectivity index (χ0v) is 11.1. The fourth-order valence-corrected chi connectivity index (χ4v) is 2.12. The van der Waals surface area contributed by atoms with Gasteiger partial charge in [0.05, 0.1) is 11.1 Å². The van der Waals surface area contributed by atoms with Crippen LogP contribution in [0.2, 0.25) is 0 Å². The van der Waals surface area contributed by atoms with Gasteiger partial charge in [-0.2, -0.15) is 0 Å². The van der Waals surface area contributed by atoms with Gasteiger partial charge in [0.1, 0.15) is 11.3 Å². The highest BCUT2D eigenvalue weighted by Gasteiger charge is 2.12. The molecule has 5 nitrogen and oxygen atoms in total. The zero-order chi connectivity index (χ0) is 13.9. The van der Waals surface area contributed by atoms with Gasteiger partial charge in [0, 0.05) is 18.9 Å². The molecule has 1 amide bonds. The summed E-state index contributed by atoms with van der Waals surface area (Å²) in [7, 11) is 0. The second-order valence-electron chi connectivity index (χ2n) is 4.56. The lowest BCUT2D eigenvalue weighted by Crippen LogP contribution is -2.23. The van der Waals surface area contributed by atoms with E-state index < -0.39 is 0 Å². The molecule has 2 heterocycles. The molecule has 0 spiro atoms. The molecule has 1 aromatic carbocycles. The minimum absolute atomic E-state index is 0.126. The monoisotopic (exact) mass is 266 g/mol. The highest BCUT2D eigenvalue weighted by Crippen LogP contribution is 2.16. The van der Waals surface area contributed by atoms with E-state index in [0.717, 1.165) is 16.9 Å². The molecule has 0 saturated heterocycles. The number of hydrogen-bond acceptors (Lipinski definition) is 3. The van der Waals surface area contributed by atoms with Crippen LogP contribution in [0.25, 0.3) is 11.0 Å². The van der Waals surface area contributed by atoms with Gasteiger partial charge < -0.3 is 10.3 Å². The molecule has 3 aromatic rings. The molecule has 0 aliphatic rings. The molecule has 0 atom stereocenters. The average molecular weight is 266 g/mol. The lowest BCUT2D eigenvalue weighted by molar-refractivity contribution is 0.0952. The number of rotatable bonds is 3. The smallest absolute Gasteiger partial charge is 0.253 e. The highest BCUT2D eigenvalue weighted by molar-refractivity contribution is 6.04. The number of carbonyl (C=O) groups is 1. The predicted molar refractivity (Wildman–Crippen MR) is 76.2 cm³/mol. The van der Waals surface area contributed by atoms with Crippen LogP contribution in [0.1, 0.15) is 21.7 Å². The number of aromatic nitrogens is 3. The Kier molecular flexibility index (Phi) is 3.16. The summed E-state index contributed by atoms with van der Waals surface area (Å²) in [4.78, 5) is 23.7. The fraction of sp³-hybridized carbons (Fsp3) is 0.133. The molecule has 0 aliphatic heterocycles. The number of nitrogens with zero attached hydrogens (tertiary/aromatic N) is 2. The van der Waals surface area contributed by atoms with E-state index in [0.29, 0.717) is 17.6 Å². The number of imidazole rings is 1. The number of H-pyrrole nitrogens is 1. The fourth-order valence-electron chi connectivity index (χ4n) is 2.12. The van der Waals surface area contributed by atoms with Crippen LogP contribution in [0, 0.1) is 6.92 Å². The maximum Gasteiger partial charge on any atom is 0.253 e. The van der Waals surface area contributed by atoms with Crippen molar-refractivity contribution in [3.8, 4) is 0 Å². The van der Waals surface area contributed by atoms with Gasteiger partial charge in [0.25, 0.3) is 5.91 Å². The van der Waals surface area contributed by atoms with Gasteiger partial charge in [-0.05, 0) is 36.8 Å². The van der Waals surface area contributed by atoms with Crippen LogP contribution in [-0.2, 0) is 6.54 Å². The molecule has 100 valence electrons. The van der Waals surface area contributed by atoms with Crippen molar-refractivity contribution in [3.63, 3.8) is 0 Å². The maximum atomic E-state index is 12.3. The third kappa shape index (κ3) is 2.38. The number of para-hydroxylation sites is 1. The summed E-state index contributed by atoms with van der Waals surface area (Å²) >= 11 is 0. The van der Waals surface area contributed by atoms with E-state index in [1.165, 1.54) is 0 Å². The van der Waals surface area contributed by atoms with Crippen LogP contribution >= 0.6 is 0 Å². The number of amides is 1. The molecule has 2 aromatic heterocycles. The summed E-state index contributed by atoms with van der Waals surface area (Å²) in [6.07, 6.45) is 3.42. The van der Waals surface area contributed by atoms with Gasteiger partial charge in [-0.25, -0.2) is 4.98 Å². The summed E-state index contributed by atoms with van der Waals surface area (Å²) in [6.45, 7) is 2.35. The highest BCUT2D eigenvalue weighted by atomic mass is 16.1. The number of aryl methyl sites for hydroxylation is 1. The standard InChI is InChI=1S/C15H14N4O/c1-10-18-13-4-2-3-12(14(13)19-10)15(20)17-9-11-5-7-16-8-6-11/h2-8H,9H2,1H3,(H,17,20)(H,18,19). The summed E-state index contributed by atoms with van der Waals surface area (Å²) < 4.78 is 0. The van der Waals surface area contributed by atoms with E-state index in [-0.39, 0.29) is 5.91 Å². The van der Waals surface area contributed by atoms with Crippen molar-refractivity contribution < 1.29 is 4.79 Å². The second kappa shape index (κ2) is 5.13. The van der Waals surface area contributed by atoms with Crippen LogP contribution in [0.3, 0.4) is 0 Å². The molecule has 3 rings (SSSR count). The molecule has 20 heavy (non-hydrogen) atoms. The van der Waals surface area contributed by atoms with Gasteiger partial charge in [0.15, 0.2) is 0 Å². The van der Waals surface area contributed by atoms with E-state index in [2.05, 4.69) is 20.3 Å². The third-order valence-electron chi connectivity index (χ3n) is 3.08. The lowest BCUT2D eigenvalue weighted by atomic mass is 10.1. The number of fused-ring (bicyclic) bond motifs is 1. The minimum atomic E-state index is -0.126. The van der Waals surface area contributed by atoms with Crippen LogP contribution in [0.15, 0.2) is 42.7 Å². The van der Waals surface area contributed by atoms with Crippen molar-refractivity contribution in [2.24, 2.45) is 0 Å². The first-order chi connectivity index (χ1) is 9.74. The Hall–Kier alpha value is -2.69. The summed E-state index contributed by atoms with van der Waals surface area (Å²) in [6, 6.07) is 9.29. The Morgan fingerprint density at radius 1 is 1.25 bits per heavy atom. The summed E-state index contributed by atoms with van der Waals surface area (Å²) in [5.41, 5.74) is 3.18. The largest absolute Gasteiger partial charge is 0.348 e. The minimum Gasteiger partial charge on any atom is -0.348 e. The van der Waals surface area contributed by atoms with Gasteiger partial charge in [0.2, 0.25) is 0 Å². The molecule has 2 N–H and O–H groups in total. The van der Waals surface area contributed by atoms with E-state index in [1.54, 1.807) is 18.5 Å². The van der Waals surface area contributed by atoms with Gasteiger partial charge in [-0.15, -0.1) is 0 Å². The van der Waals surface area contributed by atoms with E-state index in [1.807, 2.05) is 31.2 Å². The molecule has 5 heteroatoms. The molecular weight excluding hydrogens is 252 g/mol. The van der Waals surface area contributed by atoms with Crippen molar-refractivity contribution in [1.82, 2.24) is 20.3 Å².